The highest BCUT2D eigenvalue weighted by molar-refractivity contribution is 7.99. The number of rotatable bonds is 11. The highest BCUT2D eigenvalue weighted by Gasteiger charge is 2.25. The number of urea groups is 1. The minimum Gasteiger partial charge on any atom is -0.484 e. The molecule has 1 aromatic heterocycles. The lowest BCUT2D eigenvalue weighted by Crippen LogP contribution is -2.44. The quantitative estimate of drug-likeness (QED) is 0.358. The van der Waals surface area contributed by atoms with Crippen molar-refractivity contribution in [1.82, 2.24) is 25.4 Å². The first-order valence-electron chi connectivity index (χ1n) is 10.9. The molecule has 0 radical (unpaired) electrons. The number of ether oxygens (including phenoxy) is 2. The first-order chi connectivity index (χ1) is 16.0. The van der Waals surface area contributed by atoms with Crippen LogP contribution in [0.4, 0.5) is 4.79 Å². The molecule has 2 aromatic rings. The number of thioether (sulfide) groups is 1. The van der Waals surface area contributed by atoms with E-state index in [2.05, 4.69) is 39.2 Å². The van der Waals surface area contributed by atoms with Crippen LogP contribution in [0, 0.1) is 0 Å². The molecule has 2 heterocycles. The number of aromatic nitrogens is 3. The van der Waals surface area contributed by atoms with Crippen LogP contribution in [0.15, 0.2) is 40.7 Å². The van der Waals surface area contributed by atoms with E-state index in [1.165, 1.54) is 11.8 Å². The Morgan fingerprint density at radius 2 is 2.00 bits per heavy atom. The second kappa shape index (κ2) is 11.9. The van der Waals surface area contributed by atoms with E-state index >= 15 is 0 Å². The SMILES string of the molecule is CCOC(=O)C1=C(CSc2nnc(COc3ccccc3Cl)n2C(CC)CC)NC(=O)NC1. The van der Waals surface area contributed by atoms with Crippen LogP contribution in [0.25, 0.3) is 0 Å². The van der Waals surface area contributed by atoms with E-state index in [0.29, 0.717) is 38.8 Å². The summed E-state index contributed by atoms with van der Waals surface area (Å²) in [6.07, 6.45) is 1.78. The molecule has 33 heavy (non-hydrogen) atoms. The molecular weight excluding hydrogens is 466 g/mol. The third kappa shape index (κ3) is 6.20. The molecule has 0 saturated heterocycles. The van der Waals surface area contributed by atoms with Crippen molar-refractivity contribution in [1.29, 1.82) is 0 Å². The number of amides is 2. The van der Waals surface area contributed by atoms with Crippen LogP contribution in [-0.2, 0) is 16.1 Å². The normalized spacial score (nSPS) is 13.7. The lowest BCUT2D eigenvalue weighted by atomic mass is 10.2. The summed E-state index contributed by atoms with van der Waals surface area (Å²) in [5.41, 5.74) is 0.912. The Kier molecular flexibility index (Phi) is 9.02. The number of hydrogen-bond acceptors (Lipinski definition) is 7. The van der Waals surface area contributed by atoms with E-state index in [1.807, 2.05) is 12.1 Å². The summed E-state index contributed by atoms with van der Waals surface area (Å²) in [4.78, 5) is 24.2. The molecule has 9 nitrogen and oxygen atoms in total. The predicted octanol–water partition coefficient (Wildman–Crippen LogP) is 4.09. The number of hydrogen-bond donors (Lipinski definition) is 2. The minimum absolute atomic E-state index is 0.122. The van der Waals surface area contributed by atoms with Gasteiger partial charge in [0.05, 0.1) is 23.7 Å². The molecular formula is C22H28ClN5O4S. The molecule has 0 bridgehead atoms. The number of carbonyl (C=O) groups excluding carboxylic acids is 2. The average Bonchev–Trinajstić information content (AvgIpc) is 3.21. The molecule has 0 aliphatic carbocycles. The number of carbonyl (C=O) groups is 2. The summed E-state index contributed by atoms with van der Waals surface area (Å²) in [6, 6.07) is 7.10. The molecule has 0 saturated carbocycles. The molecule has 11 heteroatoms. The van der Waals surface area contributed by atoms with Gasteiger partial charge in [0.1, 0.15) is 12.4 Å². The molecule has 0 atom stereocenters. The zero-order valence-electron chi connectivity index (χ0n) is 18.9. The van der Waals surface area contributed by atoms with Crippen molar-refractivity contribution < 1.29 is 19.1 Å². The third-order valence-corrected chi connectivity index (χ3v) is 6.44. The van der Waals surface area contributed by atoms with E-state index < -0.39 is 5.97 Å². The van der Waals surface area contributed by atoms with Gasteiger partial charge in [0, 0.05) is 17.5 Å². The highest BCUT2D eigenvalue weighted by atomic mass is 35.5. The van der Waals surface area contributed by atoms with Crippen LogP contribution in [0.3, 0.4) is 0 Å². The van der Waals surface area contributed by atoms with Gasteiger partial charge in [0.2, 0.25) is 0 Å². The molecule has 2 amide bonds. The van der Waals surface area contributed by atoms with Crippen molar-refractivity contribution in [2.45, 2.75) is 51.4 Å². The second-order valence-corrected chi connectivity index (χ2v) is 8.58. The van der Waals surface area contributed by atoms with Gasteiger partial charge in [-0.05, 0) is 31.9 Å². The van der Waals surface area contributed by atoms with Gasteiger partial charge in [-0.3, -0.25) is 0 Å². The molecule has 1 aromatic carbocycles. The number of para-hydroxylation sites is 1. The lowest BCUT2D eigenvalue weighted by Gasteiger charge is -2.22. The van der Waals surface area contributed by atoms with E-state index in [1.54, 1.807) is 19.1 Å². The summed E-state index contributed by atoms with van der Waals surface area (Å²) < 4.78 is 13.1. The predicted molar refractivity (Wildman–Crippen MR) is 126 cm³/mol. The van der Waals surface area contributed by atoms with E-state index in [4.69, 9.17) is 21.1 Å². The first kappa shape index (κ1) is 24.9. The van der Waals surface area contributed by atoms with Crippen molar-refractivity contribution in [3.63, 3.8) is 0 Å². The Morgan fingerprint density at radius 3 is 2.70 bits per heavy atom. The highest BCUT2D eigenvalue weighted by Crippen LogP contribution is 2.29. The summed E-state index contributed by atoms with van der Waals surface area (Å²) >= 11 is 7.61. The number of esters is 1. The Balaban J connectivity index is 1.82. The van der Waals surface area contributed by atoms with Gasteiger partial charge >= 0.3 is 12.0 Å². The molecule has 2 N–H and O–H groups in total. The maximum absolute atomic E-state index is 12.3. The second-order valence-electron chi connectivity index (χ2n) is 7.23. The maximum Gasteiger partial charge on any atom is 0.337 e. The number of halogens is 1. The van der Waals surface area contributed by atoms with Gasteiger partial charge in [-0.25, -0.2) is 9.59 Å². The molecule has 1 aliphatic rings. The summed E-state index contributed by atoms with van der Waals surface area (Å²) in [5, 5.41) is 15.3. The van der Waals surface area contributed by atoms with Crippen molar-refractivity contribution in [3.8, 4) is 5.75 Å². The maximum atomic E-state index is 12.3. The van der Waals surface area contributed by atoms with E-state index in [0.717, 1.165) is 12.8 Å². The van der Waals surface area contributed by atoms with Crippen LogP contribution in [0.5, 0.6) is 5.75 Å². The van der Waals surface area contributed by atoms with Crippen molar-refractivity contribution in [2.75, 3.05) is 18.9 Å². The zero-order valence-corrected chi connectivity index (χ0v) is 20.5. The zero-order chi connectivity index (χ0) is 23.8. The Bertz CT molecular complexity index is 1020. The monoisotopic (exact) mass is 493 g/mol. The lowest BCUT2D eigenvalue weighted by molar-refractivity contribution is -0.138. The van der Waals surface area contributed by atoms with E-state index in [9.17, 15) is 9.59 Å². The van der Waals surface area contributed by atoms with Gasteiger partial charge in [-0.2, -0.15) is 0 Å². The fraction of sp³-hybridized carbons (Fsp3) is 0.455. The third-order valence-electron chi connectivity index (χ3n) is 5.16. The van der Waals surface area contributed by atoms with Crippen LogP contribution < -0.4 is 15.4 Å². The Labute approximate surface area is 202 Å². The molecule has 178 valence electrons. The van der Waals surface area contributed by atoms with Gasteiger partial charge < -0.3 is 24.7 Å². The first-order valence-corrected chi connectivity index (χ1v) is 12.2. The molecule has 3 rings (SSSR count). The molecule has 0 fully saturated rings. The Hall–Kier alpha value is -2.72. The minimum atomic E-state index is -0.448. The largest absolute Gasteiger partial charge is 0.484 e. The van der Waals surface area contributed by atoms with Crippen molar-refractivity contribution in [2.24, 2.45) is 0 Å². The molecule has 0 unspecified atom stereocenters. The van der Waals surface area contributed by atoms with Crippen LogP contribution in [-0.4, -0.2) is 45.7 Å². The van der Waals surface area contributed by atoms with Gasteiger partial charge in [0.15, 0.2) is 11.0 Å². The van der Waals surface area contributed by atoms with Gasteiger partial charge in [0.25, 0.3) is 0 Å². The number of nitrogens with one attached hydrogen (secondary N) is 2. The number of benzene rings is 1. The van der Waals surface area contributed by atoms with Crippen molar-refractivity contribution >= 4 is 35.4 Å². The molecule has 0 spiro atoms. The summed E-state index contributed by atoms with van der Waals surface area (Å²) in [6.45, 7) is 6.55. The molecule has 1 aliphatic heterocycles. The standard InChI is InChI=1S/C22H28ClN5O4S/c1-4-14(5-2)28-19(12-32-18-10-8-7-9-16(18)23)26-27-22(28)33-13-17-15(20(29)31-6-3)11-24-21(30)25-17/h7-10,14H,4-6,11-13H2,1-3H3,(H2,24,25,30). The fourth-order valence-electron chi connectivity index (χ4n) is 3.43. The van der Waals surface area contributed by atoms with Crippen molar-refractivity contribution in [3.05, 3.63) is 46.4 Å². The van der Waals surface area contributed by atoms with Gasteiger partial charge in [-0.1, -0.05) is 49.3 Å². The van der Waals surface area contributed by atoms with Crippen LogP contribution in [0.2, 0.25) is 5.02 Å². The topological polar surface area (TPSA) is 107 Å². The summed E-state index contributed by atoms with van der Waals surface area (Å²) in [5.74, 6) is 1.15. The Morgan fingerprint density at radius 1 is 1.24 bits per heavy atom. The van der Waals surface area contributed by atoms with E-state index in [-0.39, 0.29) is 31.8 Å². The van der Waals surface area contributed by atoms with Gasteiger partial charge in [-0.15, -0.1) is 10.2 Å². The smallest absolute Gasteiger partial charge is 0.337 e. The number of nitrogens with zero attached hydrogens (tertiary/aromatic N) is 3. The van der Waals surface area contributed by atoms with Crippen LogP contribution >= 0.6 is 23.4 Å². The average molecular weight is 494 g/mol. The van der Waals surface area contributed by atoms with Crippen LogP contribution in [0.1, 0.15) is 45.5 Å². The fourth-order valence-corrected chi connectivity index (χ4v) is 4.64. The summed E-state index contributed by atoms with van der Waals surface area (Å²) in [7, 11) is 0.